The Morgan fingerprint density at radius 1 is 1.25 bits per heavy atom. The highest BCUT2D eigenvalue weighted by molar-refractivity contribution is 9.10. The van der Waals surface area contributed by atoms with Gasteiger partial charge in [-0.15, -0.1) is 0 Å². The lowest BCUT2D eigenvalue weighted by atomic mass is 10.1. The number of halogens is 1. The van der Waals surface area contributed by atoms with Crippen LogP contribution < -0.4 is 4.90 Å². The zero-order valence-corrected chi connectivity index (χ0v) is 13.8. The fourth-order valence-electron chi connectivity index (χ4n) is 2.46. The minimum absolute atomic E-state index is 0.765. The average Bonchev–Trinajstić information content (AvgIpc) is 2.45. The molecule has 2 rings (SSSR count). The van der Waals surface area contributed by atoms with Crippen LogP contribution in [0.1, 0.15) is 10.4 Å². The number of hydrogen-bond donors (Lipinski definition) is 0. The van der Waals surface area contributed by atoms with Crippen molar-refractivity contribution in [3.63, 3.8) is 0 Å². The van der Waals surface area contributed by atoms with E-state index in [1.54, 1.807) is 0 Å². The number of benzene rings is 1. The van der Waals surface area contributed by atoms with Crippen LogP contribution in [0.4, 0.5) is 5.69 Å². The van der Waals surface area contributed by atoms with Crippen LogP contribution >= 0.6 is 15.9 Å². The zero-order valence-electron chi connectivity index (χ0n) is 12.2. The highest BCUT2D eigenvalue weighted by atomic mass is 79.9. The van der Waals surface area contributed by atoms with Gasteiger partial charge in [0, 0.05) is 55.0 Å². The number of anilines is 1. The lowest BCUT2D eigenvalue weighted by Gasteiger charge is -2.37. The Labute approximate surface area is 129 Å². The molecule has 5 heteroatoms. The van der Waals surface area contributed by atoms with Gasteiger partial charge in [0.1, 0.15) is 0 Å². The second kappa shape index (κ2) is 7.20. The summed E-state index contributed by atoms with van der Waals surface area (Å²) in [6.07, 6.45) is 0.943. The first-order chi connectivity index (χ1) is 9.60. The fourth-order valence-corrected chi connectivity index (χ4v) is 2.84. The molecule has 0 aliphatic carbocycles. The average molecular weight is 340 g/mol. The number of nitrogens with zero attached hydrogens (tertiary/aromatic N) is 3. The first kappa shape index (κ1) is 15.5. The molecule has 0 atom stereocenters. The van der Waals surface area contributed by atoms with E-state index in [1.807, 2.05) is 18.2 Å². The van der Waals surface area contributed by atoms with E-state index in [0.717, 1.165) is 61.3 Å². The van der Waals surface area contributed by atoms with Crippen LogP contribution in [0.2, 0.25) is 0 Å². The third-order valence-corrected chi connectivity index (χ3v) is 4.19. The molecule has 20 heavy (non-hydrogen) atoms. The van der Waals surface area contributed by atoms with Crippen LogP contribution in [-0.2, 0) is 0 Å². The highest BCUT2D eigenvalue weighted by Crippen LogP contribution is 2.24. The topological polar surface area (TPSA) is 26.8 Å². The van der Waals surface area contributed by atoms with Crippen LogP contribution in [0.15, 0.2) is 22.7 Å². The molecule has 110 valence electrons. The summed E-state index contributed by atoms with van der Waals surface area (Å²) in [7, 11) is 4.21. The van der Waals surface area contributed by atoms with E-state index in [4.69, 9.17) is 0 Å². The summed E-state index contributed by atoms with van der Waals surface area (Å²) < 4.78 is 0.952. The molecule has 0 N–H and O–H groups in total. The normalized spacial score (nSPS) is 16.7. The van der Waals surface area contributed by atoms with Crippen molar-refractivity contribution in [2.75, 3.05) is 58.3 Å². The zero-order chi connectivity index (χ0) is 14.5. The molecule has 1 aliphatic rings. The maximum atomic E-state index is 11.2. The SMILES string of the molecule is CN(C)CCN1CCN(c2ccc(Br)cc2C=O)CC1. The Bertz CT molecular complexity index is 456. The number of likely N-dealkylation sites (N-methyl/N-ethyl adjacent to an activating group) is 1. The number of piperazine rings is 1. The number of rotatable bonds is 5. The first-order valence-electron chi connectivity index (χ1n) is 6.97. The van der Waals surface area contributed by atoms with Crippen molar-refractivity contribution < 1.29 is 4.79 Å². The Morgan fingerprint density at radius 3 is 2.55 bits per heavy atom. The molecule has 4 nitrogen and oxygen atoms in total. The van der Waals surface area contributed by atoms with Crippen molar-refractivity contribution >= 4 is 27.9 Å². The standard InChI is InChI=1S/C15H22BrN3O/c1-17(2)5-6-18-7-9-19(10-8-18)15-4-3-14(16)11-13(15)12-20/h3-4,11-12H,5-10H2,1-2H3. The number of carbonyl (C=O) groups is 1. The molecule has 1 aliphatic heterocycles. The molecule has 0 unspecified atom stereocenters. The predicted molar refractivity (Wildman–Crippen MR) is 86.7 cm³/mol. The Balaban J connectivity index is 1.95. The van der Waals surface area contributed by atoms with Crippen molar-refractivity contribution in [2.45, 2.75) is 0 Å². The third kappa shape index (κ3) is 4.04. The van der Waals surface area contributed by atoms with Crippen molar-refractivity contribution in [1.29, 1.82) is 0 Å². The van der Waals surface area contributed by atoms with Crippen LogP contribution in [0, 0.1) is 0 Å². The van der Waals surface area contributed by atoms with Gasteiger partial charge in [-0.25, -0.2) is 0 Å². The van der Waals surface area contributed by atoms with Crippen molar-refractivity contribution in [3.8, 4) is 0 Å². The summed E-state index contributed by atoms with van der Waals surface area (Å²) in [5.41, 5.74) is 1.82. The minimum Gasteiger partial charge on any atom is -0.368 e. The molecule has 0 aromatic heterocycles. The predicted octanol–water partition coefficient (Wildman–Crippen LogP) is 1.95. The van der Waals surface area contributed by atoms with Gasteiger partial charge in [0.05, 0.1) is 0 Å². The van der Waals surface area contributed by atoms with E-state index < -0.39 is 0 Å². The van der Waals surface area contributed by atoms with Crippen molar-refractivity contribution in [1.82, 2.24) is 9.80 Å². The van der Waals surface area contributed by atoms with Crippen molar-refractivity contribution in [3.05, 3.63) is 28.2 Å². The summed E-state index contributed by atoms with van der Waals surface area (Å²) in [6, 6.07) is 5.92. The van der Waals surface area contributed by atoms with Gasteiger partial charge >= 0.3 is 0 Å². The molecular formula is C15H22BrN3O. The van der Waals surface area contributed by atoms with Gasteiger partial charge in [-0.3, -0.25) is 9.69 Å². The molecule has 0 spiro atoms. The van der Waals surface area contributed by atoms with E-state index in [1.165, 1.54) is 0 Å². The number of carbonyl (C=O) groups excluding carboxylic acids is 1. The van der Waals surface area contributed by atoms with E-state index in [-0.39, 0.29) is 0 Å². The second-order valence-electron chi connectivity index (χ2n) is 5.45. The van der Waals surface area contributed by atoms with Gasteiger partial charge in [0.25, 0.3) is 0 Å². The van der Waals surface area contributed by atoms with Crippen LogP contribution in [0.25, 0.3) is 0 Å². The molecule has 1 aromatic carbocycles. The molecule has 0 amide bonds. The molecule has 0 radical (unpaired) electrons. The Kier molecular flexibility index (Phi) is 5.57. The quantitative estimate of drug-likeness (QED) is 0.766. The van der Waals surface area contributed by atoms with Crippen LogP contribution in [0.3, 0.4) is 0 Å². The maximum absolute atomic E-state index is 11.2. The van der Waals surface area contributed by atoms with Gasteiger partial charge in [0.2, 0.25) is 0 Å². The van der Waals surface area contributed by atoms with Crippen molar-refractivity contribution in [2.24, 2.45) is 0 Å². The van der Waals surface area contributed by atoms with E-state index in [0.29, 0.717) is 0 Å². The smallest absolute Gasteiger partial charge is 0.152 e. The lowest BCUT2D eigenvalue weighted by Crippen LogP contribution is -2.48. The van der Waals surface area contributed by atoms with E-state index >= 15 is 0 Å². The molecular weight excluding hydrogens is 318 g/mol. The minimum atomic E-state index is 0.765. The van der Waals surface area contributed by atoms with Gasteiger partial charge in [0.15, 0.2) is 6.29 Å². The monoisotopic (exact) mass is 339 g/mol. The Morgan fingerprint density at radius 2 is 1.95 bits per heavy atom. The summed E-state index contributed by atoms with van der Waals surface area (Å²) in [5, 5.41) is 0. The summed E-state index contributed by atoms with van der Waals surface area (Å²) in [6.45, 7) is 6.29. The van der Waals surface area contributed by atoms with Crippen LogP contribution in [-0.4, -0.2) is 69.4 Å². The van der Waals surface area contributed by atoms with E-state index in [2.05, 4.69) is 44.7 Å². The number of hydrogen-bond acceptors (Lipinski definition) is 4. The number of aldehydes is 1. The summed E-state index contributed by atoms with van der Waals surface area (Å²) in [4.78, 5) is 18.2. The van der Waals surface area contributed by atoms with Gasteiger partial charge in [-0.05, 0) is 32.3 Å². The van der Waals surface area contributed by atoms with Crippen LogP contribution in [0.5, 0.6) is 0 Å². The molecule has 1 aromatic rings. The maximum Gasteiger partial charge on any atom is 0.152 e. The molecule has 0 bridgehead atoms. The molecule has 1 saturated heterocycles. The lowest BCUT2D eigenvalue weighted by molar-refractivity contribution is 0.112. The fraction of sp³-hybridized carbons (Fsp3) is 0.533. The van der Waals surface area contributed by atoms with Gasteiger partial charge in [-0.2, -0.15) is 0 Å². The largest absolute Gasteiger partial charge is 0.368 e. The van der Waals surface area contributed by atoms with Gasteiger partial charge in [-0.1, -0.05) is 15.9 Å². The summed E-state index contributed by atoms with van der Waals surface area (Å²) >= 11 is 3.41. The van der Waals surface area contributed by atoms with E-state index in [9.17, 15) is 4.79 Å². The second-order valence-corrected chi connectivity index (χ2v) is 6.37. The Hall–Kier alpha value is -0.910. The van der Waals surface area contributed by atoms with Gasteiger partial charge < -0.3 is 9.80 Å². The highest BCUT2D eigenvalue weighted by Gasteiger charge is 2.19. The molecule has 1 fully saturated rings. The first-order valence-corrected chi connectivity index (χ1v) is 7.76. The molecule has 1 heterocycles. The molecule has 0 saturated carbocycles. The summed E-state index contributed by atoms with van der Waals surface area (Å²) in [5.74, 6) is 0. The third-order valence-electron chi connectivity index (χ3n) is 3.69.